The van der Waals surface area contributed by atoms with Gasteiger partial charge >= 0.3 is 0 Å². The maximum absolute atomic E-state index is 3.57. The predicted octanol–water partition coefficient (Wildman–Crippen LogP) is 4.05. The van der Waals surface area contributed by atoms with E-state index in [-0.39, 0.29) is 0 Å². The molecule has 18 heavy (non-hydrogen) atoms. The molecule has 0 unspecified atom stereocenters. The second-order valence-corrected chi connectivity index (χ2v) is 5.99. The molecule has 1 fully saturated rings. The Bertz CT molecular complexity index is 360. The molecule has 100 valence electrons. The molecule has 0 atom stereocenters. The molecule has 0 heterocycles. The highest BCUT2D eigenvalue weighted by Crippen LogP contribution is 2.49. The van der Waals surface area contributed by atoms with Gasteiger partial charge in [-0.2, -0.15) is 0 Å². The Balaban J connectivity index is 2.09. The number of likely N-dealkylation sites (N-methyl/N-ethyl adjacent to an activating group) is 1. The van der Waals surface area contributed by atoms with Crippen LogP contribution in [0.3, 0.4) is 0 Å². The van der Waals surface area contributed by atoms with Crippen LogP contribution in [0.4, 0.5) is 0 Å². The van der Waals surface area contributed by atoms with Crippen LogP contribution >= 0.6 is 0 Å². The van der Waals surface area contributed by atoms with E-state index in [1.807, 2.05) is 0 Å². The normalized spacial score (nSPS) is 26.9. The molecule has 1 aliphatic rings. The van der Waals surface area contributed by atoms with Gasteiger partial charge in [0.2, 0.25) is 0 Å². The number of benzene rings is 1. The van der Waals surface area contributed by atoms with Crippen LogP contribution in [-0.2, 0) is 5.41 Å². The van der Waals surface area contributed by atoms with Gasteiger partial charge in [-0.1, -0.05) is 56.5 Å². The van der Waals surface area contributed by atoms with Gasteiger partial charge in [0, 0.05) is 12.0 Å². The minimum absolute atomic E-state index is 0.420. The van der Waals surface area contributed by atoms with Crippen molar-refractivity contribution in [2.75, 3.05) is 13.1 Å². The average Bonchev–Trinajstić information content (AvgIpc) is 2.33. The molecular formula is C17H27N. The molecule has 0 radical (unpaired) electrons. The summed E-state index contributed by atoms with van der Waals surface area (Å²) in [7, 11) is 0. The molecule has 0 saturated heterocycles. The van der Waals surface area contributed by atoms with Crippen molar-refractivity contribution < 1.29 is 0 Å². The van der Waals surface area contributed by atoms with Gasteiger partial charge in [0.15, 0.2) is 0 Å². The van der Waals surface area contributed by atoms with E-state index in [1.165, 1.54) is 31.2 Å². The van der Waals surface area contributed by atoms with Gasteiger partial charge < -0.3 is 5.32 Å². The van der Waals surface area contributed by atoms with Crippen LogP contribution in [0.1, 0.15) is 50.7 Å². The zero-order valence-corrected chi connectivity index (χ0v) is 12.1. The van der Waals surface area contributed by atoms with Gasteiger partial charge in [-0.05, 0) is 37.8 Å². The SMILES string of the molecule is CCCC1CC(CNCC)(c2ccc(C)cc2)C1. The summed E-state index contributed by atoms with van der Waals surface area (Å²) in [6.45, 7) is 8.89. The first kappa shape index (κ1) is 13.6. The Kier molecular flexibility index (Phi) is 4.45. The van der Waals surface area contributed by atoms with Crippen molar-refractivity contribution in [2.45, 2.75) is 51.9 Å². The second-order valence-electron chi connectivity index (χ2n) is 5.99. The van der Waals surface area contributed by atoms with Crippen LogP contribution in [-0.4, -0.2) is 13.1 Å². The highest BCUT2D eigenvalue weighted by atomic mass is 14.9. The summed E-state index contributed by atoms with van der Waals surface area (Å²) in [5, 5.41) is 3.57. The van der Waals surface area contributed by atoms with Crippen LogP contribution in [0.25, 0.3) is 0 Å². The molecule has 0 bridgehead atoms. The molecule has 1 aliphatic carbocycles. The Morgan fingerprint density at radius 1 is 1.17 bits per heavy atom. The van der Waals surface area contributed by atoms with E-state index in [1.54, 1.807) is 5.56 Å². The van der Waals surface area contributed by atoms with Crippen LogP contribution in [0, 0.1) is 12.8 Å². The number of hydrogen-bond donors (Lipinski definition) is 1. The predicted molar refractivity (Wildman–Crippen MR) is 79.0 cm³/mol. The van der Waals surface area contributed by atoms with E-state index in [2.05, 4.69) is 50.4 Å². The van der Waals surface area contributed by atoms with Gasteiger partial charge in [0.05, 0.1) is 0 Å². The maximum atomic E-state index is 3.57. The summed E-state index contributed by atoms with van der Waals surface area (Å²) in [5.74, 6) is 0.954. The molecule has 0 aliphatic heterocycles. The van der Waals surface area contributed by atoms with E-state index in [9.17, 15) is 0 Å². The summed E-state index contributed by atoms with van der Waals surface area (Å²) in [5.41, 5.74) is 3.33. The minimum atomic E-state index is 0.420. The Labute approximate surface area is 112 Å². The molecule has 1 nitrogen and oxygen atoms in total. The molecule has 0 spiro atoms. The fourth-order valence-electron chi connectivity index (χ4n) is 3.41. The third-order valence-corrected chi connectivity index (χ3v) is 4.43. The van der Waals surface area contributed by atoms with Gasteiger partial charge in [-0.15, -0.1) is 0 Å². The molecule has 1 heteroatoms. The monoisotopic (exact) mass is 245 g/mol. The van der Waals surface area contributed by atoms with Crippen molar-refractivity contribution in [1.29, 1.82) is 0 Å². The average molecular weight is 245 g/mol. The fourth-order valence-corrected chi connectivity index (χ4v) is 3.41. The smallest absolute Gasteiger partial charge is 0.00830 e. The first-order valence-corrected chi connectivity index (χ1v) is 7.48. The highest BCUT2D eigenvalue weighted by Gasteiger charge is 2.44. The zero-order chi connectivity index (χ0) is 13.0. The third-order valence-electron chi connectivity index (χ3n) is 4.43. The van der Waals surface area contributed by atoms with Gasteiger partial charge in [0.1, 0.15) is 0 Å². The minimum Gasteiger partial charge on any atom is -0.316 e. The van der Waals surface area contributed by atoms with E-state index >= 15 is 0 Å². The molecule has 2 rings (SSSR count). The van der Waals surface area contributed by atoms with Crippen molar-refractivity contribution in [3.8, 4) is 0 Å². The summed E-state index contributed by atoms with van der Waals surface area (Å²) in [6, 6.07) is 9.20. The standard InChI is InChI=1S/C17H27N/c1-4-6-15-11-17(12-15,13-18-5-2)16-9-7-14(3)8-10-16/h7-10,15,18H,4-6,11-13H2,1-3H3. The van der Waals surface area contributed by atoms with Crippen LogP contribution in [0.5, 0.6) is 0 Å². The summed E-state index contributed by atoms with van der Waals surface area (Å²) in [4.78, 5) is 0. The number of aryl methyl sites for hydroxylation is 1. The number of nitrogens with one attached hydrogen (secondary N) is 1. The molecule has 1 aromatic carbocycles. The summed E-state index contributed by atoms with van der Waals surface area (Å²) < 4.78 is 0. The first-order valence-electron chi connectivity index (χ1n) is 7.48. The van der Waals surface area contributed by atoms with Gasteiger partial charge in [-0.25, -0.2) is 0 Å². The molecule has 1 saturated carbocycles. The van der Waals surface area contributed by atoms with E-state index in [4.69, 9.17) is 0 Å². The lowest BCUT2D eigenvalue weighted by Crippen LogP contribution is -2.48. The Hall–Kier alpha value is -0.820. The number of hydrogen-bond acceptors (Lipinski definition) is 1. The van der Waals surface area contributed by atoms with Gasteiger partial charge in [-0.3, -0.25) is 0 Å². The van der Waals surface area contributed by atoms with Crippen molar-refractivity contribution in [2.24, 2.45) is 5.92 Å². The Morgan fingerprint density at radius 3 is 2.39 bits per heavy atom. The maximum Gasteiger partial charge on any atom is 0.00830 e. The van der Waals surface area contributed by atoms with Crippen molar-refractivity contribution in [3.05, 3.63) is 35.4 Å². The Morgan fingerprint density at radius 2 is 1.83 bits per heavy atom. The molecular weight excluding hydrogens is 218 g/mol. The fraction of sp³-hybridized carbons (Fsp3) is 0.647. The topological polar surface area (TPSA) is 12.0 Å². The first-order chi connectivity index (χ1) is 8.70. The van der Waals surface area contributed by atoms with Crippen molar-refractivity contribution >= 4 is 0 Å². The zero-order valence-electron chi connectivity index (χ0n) is 12.1. The lowest BCUT2D eigenvalue weighted by atomic mass is 9.57. The van der Waals surface area contributed by atoms with E-state index in [0.717, 1.165) is 19.0 Å². The summed E-state index contributed by atoms with van der Waals surface area (Å²) in [6.07, 6.45) is 5.48. The molecule has 1 N–H and O–H groups in total. The second kappa shape index (κ2) is 5.88. The number of rotatable bonds is 6. The van der Waals surface area contributed by atoms with Gasteiger partial charge in [0.25, 0.3) is 0 Å². The molecule has 0 amide bonds. The molecule has 1 aromatic rings. The lowest BCUT2D eigenvalue weighted by Gasteiger charge is -2.49. The van der Waals surface area contributed by atoms with Crippen molar-refractivity contribution in [1.82, 2.24) is 5.32 Å². The van der Waals surface area contributed by atoms with E-state index in [0.29, 0.717) is 5.41 Å². The van der Waals surface area contributed by atoms with E-state index < -0.39 is 0 Å². The third kappa shape index (κ3) is 2.77. The largest absolute Gasteiger partial charge is 0.316 e. The van der Waals surface area contributed by atoms with Crippen molar-refractivity contribution in [3.63, 3.8) is 0 Å². The lowest BCUT2D eigenvalue weighted by molar-refractivity contribution is 0.129. The highest BCUT2D eigenvalue weighted by molar-refractivity contribution is 5.32. The summed E-state index contributed by atoms with van der Waals surface area (Å²) >= 11 is 0. The van der Waals surface area contributed by atoms with Crippen LogP contribution in [0.2, 0.25) is 0 Å². The molecule has 0 aromatic heterocycles. The quantitative estimate of drug-likeness (QED) is 0.797. The van der Waals surface area contributed by atoms with Crippen LogP contribution in [0.15, 0.2) is 24.3 Å². The van der Waals surface area contributed by atoms with Crippen LogP contribution < -0.4 is 5.32 Å².